The summed E-state index contributed by atoms with van der Waals surface area (Å²) in [4.78, 5) is 12.5. The van der Waals surface area contributed by atoms with Crippen LogP contribution in [0, 0.1) is 6.61 Å². The summed E-state index contributed by atoms with van der Waals surface area (Å²) >= 11 is 0. The largest absolute Gasteiger partial charge is 0.508 e. The highest BCUT2D eigenvalue weighted by Gasteiger charge is 2.39. The molecule has 8 heteroatoms. The van der Waals surface area contributed by atoms with E-state index in [-0.39, 0.29) is 23.7 Å². The summed E-state index contributed by atoms with van der Waals surface area (Å²) in [5.74, 6) is -0.731. The molecule has 0 amide bonds. The van der Waals surface area contributed by atoms with Gasteiger partial charge in [-0.15, -0.1) is 0 Å². The first-order chi connectivity index (χ1) is 12.5. The van der Waals surface area contributed by atoms with Crippen LogP contribution in [-0.2, 0) is 0 Å². The van der Waals surface area contributed by atoms with Gasteiger partial charge in [0.1, 0.15) is 22.8 Å². The number of phenols is 2. The molecule has 0 bridgehead atoms. The van der Waals surface area contributed by atoms with Crippen LogP contribution >= 0.6 is 0 Å². The van der Waals surface area contributed by atoms with E-state index in [4.69, 9.17) is 14.2 Å². The maximum atomic E-state index is 12.5. The average Bonchev–Trinajstić information content (AvgIpc) is 2.63. The number of aromatic hydroxyl groups is 2. The minimum Gasteiger partial charge on any atom is -0.508 e. The molecule has 2 aliphatic heterocycles. The molecule has 0 aromatic heterocycles. The van der Waals surface area contributed by atoms with Crippen molar-refractivity contribution in [1.29, 1.82) is 0 Å². The zero-order valence-electron chi connectivity index (χ0n) is 13.3. The fourth-order valence-corrected chi connectivity index (χ4v) is 2.98. The smallest absolute Gasteiger partial charge is 0.202 e. The minimum absolute atomic E-state index is 0.0285. The summed E-state index contributed by atoms with van der Waals surface area (Å²) < 4.78 is 16.6. The number of Topliss-reactive ketones (excluding diaryl/α,β-unsaturated/α-hetero) is 1. The lowest BCUT2D eigenvalue weighted by molar-refractivity contribution is 0.0207. The normalized spacial score (nSPS) is 23.9. The monoisotopic (exact) mass is 359 g/mol. The van der Waals surface area contributed by atoms with Crippen LogP contribution in [0.15, 0.2) is 30.3 Å². The van der Waals surface area contributed by atoms with E-state index >= 15 is 0 Å². The van der Waals surface area contributed by atoms with Crippen molar-refractivity contribution in [2.75, 3.05) is 6.61 Å². The van der Waals surface area contributed by atoms with Crippen LogP contribution in [0.25, 0.3) is 0 Å². The van der Waals surface area contributed by atoms with Crippen LogP contribution in [0.5, 0.6) is 28.7 Å². The Labute approximate surface area is 147 Å². The van der Waals surface area contributed by atoms with E-state index in [0.29, 0.717) is 17.1 Å². The number of ketones is 1. The molecule has 0 aliphatic carbocycles. The van der Waals surface area contributed by atoms with Gasteiger partial charge in [0.25, 0.3) is 0 Å². The summed E-state index contributed by atoms with van der Waals surface area (Å²) in [5, 5.41) is 39.0. The third-order valence-corrected chi connectivity index (χ3v) is 4.22. The van der Waals surface area contributed by atoms with E-state index in [1.807, 2.05) is 0 Å². The van der Waals surface area contributed by atoms with Crippen LogP contribution < -0.4 is 14.2 Å². The molecule has 1 radical (unpaired) electrons. The average molecular weight is 359 g/mol. The first-order valence-electron chi connectivity index (χ1n) is 7.84. The Kier molecular flexibility index (Phi) is 3.86. The van der Waals surface area contributed by atoms with E-state index in [0.717, 1.165) is 6.07 Å². The number of phenolic OH excluding ortho intramolecular Hbond substituents is 2. The highest BCUT2D eigenvalue weighted by molar-refractivity contribution is 6.05. The number of carbonyl (C=O) groups excluding carboxylic acids is 1. The van der Waals surface area contributed by atoms with Crippen molar-refractivity contribution >= 4 is 5.78 Å². The van der Waals surface area contributed by atoms with E-state index in [9.17, 15) is 25.2 Å². The molecule has 2 aliphatic rings. The molecule has 0 saturated heterocycles. The van der Waals surface area contributed by atoms with Crippen molar-refractivity contribution in [3.63, 3.8) is 0 Å². The Morgan fingerprint density at radius 1 is 1.00 bits per heavy atom. The molecule has 3 atom stereocenters. The number of aliphatic hydroxyl groups is 2. The number of hydrogen-bond acceptors (Lipinski definition) is 8. The summed E-state index contributed by atoms with van der Waals surface area (Å²) in [6, 6.07) is 6.93. The first kappa shape index (κ1) is 16.5. The lowest BCUT2D eigenvalue weighted by Gasteiger charge is -2.31. The van der Waals surface area contributed by atoms with Gasteiger partial charge >= 0.3 is 0 Å². The molecule has 135 valence electrons. The summed E-state index contributed by atoms with van der Waals surface area (Å²) in [7, 11) is 0. The SMILES string of the molecule is O=C1c2c(O)cc(O)cc2OC(c2ccc3c(c2)OC(CO)[CH]O3)C1O. The molecular formula is C18H15O8. The Morgan fingerprint density at radius 2 is 1.81 bits per heavy atom. The molecule has 0 fully saturated rings. The fraction of sp³-hybridized carbons (Fsp3) is 0.222. The van der Waals surface area contributed by atoms with Crippen LogP contribution in [0.1, 0.15) is 22.0 Å². The second-order valence-electron chi connectivity index (χ2n) is 5.98. The van der Waals surface area contributed by atoms with Crippen molar-refractivity contribution in [1.82, 2.24) is 0 Å². The van der Waals surface area contributed by atoms with Crippen molar-refractivity contribution in [3.8, 4) is 28.7 Å². The third-order valence-electron chi connectivity index (χ3n) is 4.22. The van der Waals surface area contributed by atoms with Crippen molar-refractivity contribution in [3.05, 3.63) is 48.1 Å². The summed E-state index contributed by atoms with van der Waals surface area (Å²) in [6.07, 6.45) is -3.25. The molecule has 3 unspecified atom stereocenters. The molecule has 0 spiro atoms. The topological polar surface area (TPSA) is 126 Å². The standard InChI is InChI=1S/C18H15O8/c19-6-10-7-24-12-2-1-8(3-13(12)25-10)18-17(23)16(22)15-11(21)4-9(20)5-14(15)26-18/h1-5,7,10,17-21,23H,6H2. The molecule has 8 nitrogen and oxygen atoms in total. The van der Waals surface area contributed by atoms with Gasteiger partial charge in [-0.1, -0.05) is 6.07 Å². The molecule has 2 aromatic carbocycles. The van der Waals surface area contributed by atoms with E-state index in [1.54, 1.807) is 18.2 Å². The number of fused-ring (bicyclic) bond motifs is 2. The lowest BCUT2D eigenvalue weighted by atomic mass is 9.92. The zero-order chi connectivity index (χ0) is 18.4. The third kappa shape index (κ3) is 2.59. The highest BCUT2D eigenvalue weighted by Crippen LogP contribution is 2.43. The lowest BCUT2D eigenvalue weighted by Crippen LogP contribution is -2.36. The second kappa shape index (κ2) is 6.08. The van der Waals surface area contributed by atoms with Crippen molar-refractivity contribution in [2.24, 2.45) is 0 Å². The molecule has 4 rings (SSSR count). The number of aliphatic hydroxyl groups excluding tert-OH is 2. The number of ether oxygens (including phenoxy) is 3. The van der Waals surface area contributed by atoms with Crippen LogP contribution in [0.2, 0.25) is 0 Å². The van der Waals surface area contributed by atoms with Gasteiger partial charge in [0, 0.05) is 12.1 Å². The Morgan fingerprint density at radius 3 is 2.58 bits per heavy atom. The van der Waals surface area contributed by atoms with Crippen LogP contribution in [0.3, 0.4) is 0 Å². The van der Waals surface area contributed by atoms with Gasteiger partial charge in [0.2, 0.25) is 5.78 Å². The van der Waals surface area contributed by atoms with E-state index in [1.165, 1.54) is 12.7 Å². The highest BCUT2D eigenvalue weighted by atomic mass is 16.6. The second-order valence-corrected chi connectivity index (χ2v) is 5.98. The van der Waals surface area contributed by atoms with Gasteiger partial charge in [-0.2, -0.15) is 0 Å². The predicted molar refractivity (Wildman–Crippen MR) is 86.3 cm³/mol. The predicted octanol–water partition coefficient (Wildman–Crippen LogP) is 1.07. The quantitative estimate of drug-likeness (QED) is 0.627. The molecular weight excluding hydrogens is 344 g/mol. The first-order valence-corrected chi connectivity index (χ1v) is 7.84. The van der Waals surface area contributed by atoms with Crippen LogP contribution in [0.4, 0.5) is 0 Å². The fourth-order valence-electron chi connectivity index (χ4n) is 2.98. The van der Waals surface area contributed by atoms with Gasteiger partial charge in [-0.25, -0.2) is 0 Å². The molecule has 4 N–H and O–H groups in total. The van der Waals surface area contributed by atoms with Gasteiger partial charge in [-0.3, -0.25) is 4.79 Å². The number of hydrogen-bond donors (Lipinski definition) is 4. The van der Waals surface area contributed by atoms with Crippen LogP contribution in [-0.4, -0.2) is 45.0 Å². The molecule has 0 saturated carbocycles. The van der Waals surface area contributed by atoms with Gasteiger partial charge in [0.15, 0.2) is 36.4 Å². The van der Waals surface area contributed by atoms with Gasteiger partial charge in [0.05, 0.1) is 6.61 Å². The van der Waals surface area contributed by atoms with Gasteiger partial charge in [-0.05, 0) is 17.7 Å². The maximum absolute atomic E-state index is 12.5. The van der Waals surface area contributed by atoms with Crippen molar-refractivity contribution in [2.45, 2.75) is 18.3 Å². The number of carbonyl (C=O) groups is 1. The zero-order valence-corrected chi connectivity index (χ0v) is 13.3. The number of rotatable bonds is 2. The van der Waals surface area contributed by atoms with Crippen molar-refractivity contribution < 1.29 is 39.4 Å². The van der Waals surface area contributed by atoms with E-state index in [2.05, 4.69) is 0 Å². The Hall–Kier alpha value is -2.97. The molecule has 2 heterocycles. The summed E-state index contributed by atoms with van der Waals surface area (Å²) in [6.45, 7) is 1.09. The molecule has 2 aromatic rings. The number of benzene rings is 2. The Balaban J connectivity index is 1.71. The minimum atomic E-state index is -1.55. The van der Waals surface area contributed by atoms with E-state index < -0.39 is 29.8 Å². The van der Waals surface area contributed by atoms with Gasteiger partial charge < -0.3 is 34.6 Å². The Bertz CT molecular complexity index is 878. The molecule has 26 heavy (non-hydrogen) atoms. The summed E-state index contributed by atoms with van der Waals surface area (Å²) in [5.41, 5.74) is 0.249. The maximum Gasteiger partial charge on any atom is 0.202 e.